The third-order valence-electron chi connectivity index (χ3n) is 5.31. The van der Waals surface area contributed by atoms with Crippen LogP contribution in [0.3, 0.4) is 0 Å². The molecule has 0 radical (unpaired) electrons. The molecule has 162 valence electrons. The largest absolute Gasteiger partial charge is 0.496 e. The Morgan fingerprint density at radius 1 is 1.48 bits per heavy atom. The van der Waals surface area contributed by atoms with Gasteiger partial charge in [-0.3, -0.25) is 9.69 Å². The second kappa shape index (κ2) is 8.62. The number of anilines is 2. The van der Waals surface area contributed by atoms with Crippen LogP contribution >= 0.6 is 11.6 Å². The summed E-state index contributed by atoms with van der Waals surface area (Å²) in [6.07, 6.45) is 1.30. The van der Waals surface area contributed by atoms with Crippen LogP contribution in [0.2, 0.25) is 5.02 Å². The Morgan fingerprint density at radius 3 is 3.06 bits per heavy atom. The van der Waals surface area contributed by atoms with E-state index in [1.807, 2.05) is 11.0 Å². The van der Waals surface area contributed by atoms with E-state index in [-0.39, 0.29) is 10.7 Å². The minimum absolute atomic E-state index is 0.00610. The number of aliphatic hydroxyl groups is 1. The molecular formula is C21H21ClFN5O3. The van der Waals surface area contributed by atoms with E-state index in [0.717, 1.165) is 5.56 Å². The number of β-amino-alcohol motifs (C(OH)–C–C–N with tert-alkyl or cyclic N) is 1. The number of hydrogen-bond acceptors (Lipinski definition) is 7. The Balaban J connectivity index is 1.72. The fraction of sp³-hybridized carbons (Fsp3) is 0.286. The van der Waals surface area contributed by atoms with E-state index in [1.165, 1.54) is 19.5 Å². The minimum atomic E-state index is -0.586. The molecule has 1 fully saturated rings. The van der Waals surface area contributed by atoms with Gasteiger partial charge in [-0.25, -0.2) is 14.4 Å². The van der Waals surface area contributed by atoms with Crippen LogP contribution < -0.4 is 15.8 Å². The van der Waals surface area contributed by atoms with Gasteiger partial charge in [-0.1, -0.05) is 17.7 Å². The number of hydrogen-bond donors (Lipinski definition) is 3. The van der Waals surface area contributed by atoms with Gasteiger partial charge in [0.15, 0.2) is 5.82 Å². The second-order valence-corrected chi connectivity index (χ2v) is 7.74. The third kappa shape index (κ3) is 4.25. The van der Waals surface area contributed by atoms with E-state index < -0.39 is 23.9 Å². The highest BCUT2D eigenvalue weighted by Crippen LogP contribution is 2.33. The summed E-state index contributed by atoms with van der Waals surface area (Å²) < 4.78 is 27.1. The third-order valence-corrected chi connectivity index (χ3v) is 5.60. The molecule has 1 aliphatic heterocycles. The molecule has 0 spiro atoms. The lowest BCUT2D eigenvalue weighted by molar-refractivity contribution is -0.122. The number of rotatable bonds is 7. The Morgan fingerprint density at radius 2 is 2.32 bits per heavy atom. The van der Waals surface area contributed by atoms with Gasteiger partial charge in [-0.2, -0.15) is 0 Å². The number of carbonyl (C=O) groups is 1. The lowest BCUT2D eigenvalue weighted by Gasteiger charge is -2.23. The van der Waals surface area contributed by atoms with Crippen molar-refractivity contribution in [2.75, 3.05) is 19.0 Å². The summed E-state index contributed by atoms with van der Waals surface area (Å²) in [7, 11) is 1.54. The van der Waals surface area contributed by atoms with Crippen molar-refractivity contribution in [1.29, 1.82) is 1.43 Å². The molecule has 10 heteroatoms. The Labute approximate surface area is 184 Å². The molecule has 0 unspecified atom stereocenters. The first-order valence-electron chi connectivity index (χ1n) is 10.00. The molecule has 2 heterocycles. The molecule has 1 aromatic heterocycles. The van der Waals surface area contributed by atoms with E-state index in [2.05, 4.69) is 20.4 Å². The van der Waals surface area contributed by atoms with Gasteiger partial charge in [0, 0.05) is 30.1 Å². The Bertz CT molecular complexity index is 1170. The number of likely N-dealkylation sites (tertiary alicyclic amines) is 1. The molecule has 1 aliphatic rings. The highest BCUT2D eigenvalue weighted by molar-refractivity contribution is 6.31. The highest BCUT2D eigenvalue weighted by Gasteiger charge is 2.35. The second-order valence-electron chi connectivity index (χ2n) is 7.34. The van der Waals surface area contributed by atoms with E-state index >= 15 is 0 Å². The maximum absolute atomic E-state index is 14.4. The molecule has 4 N–H and O–H groups in total. The predicted molar refractivity (Wildman–Crippen MR) is 115 cm³/mol. The van der Waals surface area contributed by atoms with Crippen LogP contribution in [0.25, 0.3) is 10.9 Å². The zero-order chi connectivity index (χ0) is 22.8. The van der Waals surface area contributed by atoms with Gasteiger partial charge in [-0.05, 0) is 24.6 Å². The van der Waals surface area contributed by atoms with Crippen molar-refractivity contribution in [3.8, 4) is 5.75 Å². The molecule has 31 heavy (non-hydrogen) atoms. The number of halogens is 2. The van der Waals surface area contributed by atoms with Crippen LogP contribution in [-0.4, -0.2) is 53.1 Å². The number of primary amides is 1. The van der Waals surface area contributed by atoms with Crippen LogP contribution in [-0.2, 0) is 11.3 Å². The van der Waals surface area contributed by atoms with Gasteiger partial charge >= 0.3 is 0 Å². The number of carbonyl (C=O) groups excluding carboxylic acids is 1. The van der Waals surface area contributed by atoms with E-state index in [9.17, 15) is 9.18 Å². The molecule has 0 bridgehead atoms. The van der Waals surface area contributed by atoms with E-state index in [0.29, 0.717) is 42.0 Å². The minimum Gasteiger partial charge on any atom is -0.496 e. The number of nitrogens with two attached hydrogens (primary N) is 1. The number of nitrogens with zero attached hydrogens (tertiary/aromatic N) is 3. The number of methoxy groups -OCH3 is 1. The monoisotopic (exact) mass is 446 g/mol. The average molecular weight is 447 g/mol. The van der Waals surface area contributed by atoms with Crippen molar-refractivity contribution < 1.29 is 19.0 Å². The SMILES string of the molecule is [2H]O[C@H]1C[C@@H](C(N)=O)N(Cc2cc3c(Nc4cccc(Cl)c4F)ncnc3cc2OC)C1. The molecule has 1 saturated heterocycles. The normalized spacial score (nSPS) is 19.4. The zero-order valence-corrected chi connectivity index (χ0v) is 17.4. The highest BCUT2D eigenvalue weighted by atomic mass is 35.5. The van der Waals surface area contributed by atoms with E-state index in [1.54, 1.807) is 18.2 Å². The van der Waals surface area contributed by atoms with Gasteiger partial charge in [-0.15, -0.1) is 0 Å². The number of fused-ring (bicyclic) bond motifs is 1. The molecule has 2 aromatic carbocycles. The van der Waals surface area contributed by atoms with Crippen LogP contribution in [0.15, 0.2) is 36.7 Å². The molecule has 8 nitrogen and oxygen atoms in total. The number of aromatic nitrogens is 2. The first-order valence-corrected chi connectivity index (χ1v) is 9.97. The standard InChI is InChI=1S/C21H21ClFN5O3/c1-31-18-7-16-13(5-11(18)8-28-9-12(29)6-17(28)20(24)30)21(26-10-25-16)27-15-4-2-3-14(22)19(15)23/h2-5,7,10,12,17,29H,6,8-9H2,1H3,(H2,24,30)(H,25,26,27)/t12-,17-/m0/s1/i29D. The predicted octanol–water partition coefficient (Wildman–Crippen LogP) is 2.59. The average Bonchev–Trinajstić information content (AvgIpc) is 3.20. The van der Waals surface area contributed by atoms with Gasteiger partial charge in [0.25, 0.3) is 0 Å². The molecule has 0 aliphatic carbocycles. The van der Waals surface area contributed by atoms with Crippen LogP contribution in [0.1, 0.15) is 12.0 Å². The fourth-order valence-corrected chi connectivity index (χ4v) is 4.00. The van der Waals surface area contributed by atoms with Gasteiger partial charge < -0.3 is 20.9 Å². The van der Waals surface area contributed by atoms with E-state index in [4.69, 9.17) is 23.5 Å². The number of benzene rings is 2. The van der Waals surface area contributed by atoms with Crippen LogP contribution in [0.5, 0.6) is 5.75 Å². The molecular weight excluding hydrogens is 425 g/mol. The maximum atomic E-state index is 14.4. The first-order chi connectivity index (χ1) is 15.4. The van der Waals surface area contributed by atoms with Crippen LogP contribution in [0.4, 0.5) is 15.9 Å². The summed E-state index contributed by atoms with van der Waals surface area (Å²) >= 11 is 5.89. The summed E-state index contributed by atoms with van der Waals surface area (Å²) in [5, 5.41) is 8.28. The number of aliphatic hydroxyl groups excluding tert-OH is 1. The van der Waals surface area contributed by atoms with Crippen LogP contribution in [0, 0.1) is 5.82 Å². The Kier molecular flexibility index (Phi) is 5.54. The molecule has 3 aromatic rings. The summed E-state index contributed by atoms with van der Waals surface area (Å²) in [5.74, 6) is -0.112. The number of ether oxygens (including phenoxy) is 1. The summed E-state index contributed by atoms with van der Waals surface area (Å²) in [5.41, 5.74) is 7.07. The summed E-state index contributed by atoms with van der Waals surface area (Å²) in [6, 6.07) is 7.67. The fourth-order valence-electron chi connectivity index (χ4n) is 3.82. The Hall–Kier alpha value is -3.01. The van der Waals surface area contributed by atoms with Gasteiger partial charge in [0.2, 0.25) is 7.34 Å². The molecule has 1 amide bonds. The molecule has 4 rings (SSSR count). The quantitative estimate of drug-likeness (QED) is 0.511. The summed E-state index contributed by atoms with van der Waals surface area (Å²) in [4.78, 5) is 22.3. The lowest BCUT2D eigenvalue weighted by atomic mass is 10.1. The summed E-state index contributed by atoms with van der Waals surface area (Å²) in [6.45, 7) is 0.703. The number of nitrogens with one attached hydrogen (secondary N) is 1. The maximum Gasteiger partial charge on any atom is 0.234 e. The zero-order valence-electron chi connectivity index (χ0n) is 17.6. The van der Waals surface area contributed by atoms with Crippen molar-refractivity contribution in [2.24, 2.45) is 5.73 Å². The lowest BCUT2D eigenvalue weighted by Crippen LogP contribution is -2.39. The smallest absolute Gasteiger partial charge is 0.234 e. The van der Waals surface area contributed by atoms with Crippen molar-refractivity contribution in [3.05, 3.63) is 53.1 Å². The van der Waals surface area contributed by atoms with Gasteiger partial charge in [0.05, 0.1) is 35.5 Å². The number of amides is 1. The topological polar surface area (TPSA) is 114 Å². The van der Waals surface area contributed by atoms with Gasteiger partial charge in [0.1, 0.15) is 17.9 Å². The van der Waals surface area contributed by atoms with Crippen molar-refractivity contribution in [3.63, 3.8) is 0 Å². The first kappa shape index (κ1) is 19.9. The molecule has 0 saturated carbocycles. The van der Waals surface area contributed by atoms with Crippen molar-refractivity contribution in [1.82, 2.24) is 14.9 Å². The van der Waals surface area contributed by atoms with Crippen molar-refractivity contribution in [2.45, 2.75) is 25.1 Å². The van der Waals surface area contributed by atoms with Crippen molar-refractivity contribution >= 4 is 39.9 Å². The molecule has 2 atom stereocenters.